The second-order valence-corrected chi connectivity index (χ2v) is 8.96. The van der Waals surface area contributed by atoms with E-state index in [2.05, 4.69) is 31.2 Å². The third-order valence-electron chi connectivity index (χ3n) is 6.27. The van der Waals surface area contributed by atoms with Crippen LogP contribution < -0.4 is 10.6 Å². The molecule has 3 aromatic heterocycles. The third-order valence-corrected chi connectivity index (χ3v) is 6.62. The summed E-state index contributed by atoms with van der Waals surface area (Å²) >= 11 is 5.76. The number of pyridine rings is 1. The molecule has 4 heterocycles. The van der Waals surface area contributed by atoms with Crippen LogP contribution in [0.1, 0.15) is 41.2 Å². The van der Waals surface area contributed by atoms with Crippen LogP contribution in [0.5, 0.6) is 0 Å². The Labute approximate surface area is 209 Å². The first-order valence-corrected chi connectivity index (χ1v) is 12.0. The number of aryl methyl sites for hydroxylation is 1. The number of amides is 1. The molecule has 1 aromatic carbocycles. The minimum absolute atomic E-state index is 0.0481. The summed E-state index contributed by atoms with van der Waals surface area (Å²) in [4.78, 5) is 19.5. The number of nitrogens with zero attached hydrogens (tertiary/aromatic N) is 3. The number of nitrogens with one attached hydrogen (secondary N) is 2. The standard InChI is InChI=1S/C27H27N5O2S/c1-19-8-2-3-10-21(19)29-24(33)13-16-32-26(25(30-27(32)35)22-11-4-5-14-28-22)23-12-6-15-31(23)18-20-9-7-17-34-20/h2-12,14-15,17,25-26H,13,16,18H2,1H3,(H,29,33)(H,30,35). The van der Waals surface area contributed by atoms with E-state index in [9.17, 15) is 4.79 Å². The van der Waals surface area contributed by atoms with Crippen LogP contribution in [0.2, 0.25) is 0 Å². The molecule has 0 bridgehead atoms. The lowest BCUT2D eigenvalue weighted by Gasteiger charge is -2.28. The molecule has 0 saturated carbocycles. The number of carbonyl (C=O) groups excluding carboxylic acids is 1. The Bertz CT molecular complexity index is 1300. The molecule has 178 valence electrons. The zero-order chi connectivity index (χ0) is 24.2. The molecule has 1 saturated heterocycles. The molecule has 1 amide bonds. The topological polar surface area (TPSA) is 75.3 Å². The van der Waals surface area contributed by atoms with Crippen molar-refractivity contribution in [2.45, 2.75) is 32.0 Å². The van der Waals surface area contributed by atoms with Crippen molar-refractivity contribution in [1.82, 2.24) is 19.8 Å². The summed E-state index contributed by atoms with van der Waals surface area (Å²) in [7, 11) is 0. The maximum absolute atomic E-state index is 12.8. The smallest absolute Gasteiger partial charge is 0.226 e. The lowest BCUT2D eigenvalue weighted by atomic mass is 10.0. The van der Waals surface area contributed by atoms with Crippen molar-refractivity contribution < 1.29 is 9.21 Å². The van der Waals surface area contributed by atoms with Gasteiger partial charge in [0.15, 0.2) is 5.11 Å². The van der Waals surface area contributed by atoms with Gasteiger partial charge in [0.25, 0.3) is 0 Å². The zero-order valence-corrected chi connectivity index (χ0v) is 20.2. The van der Waals surface area contributed by atoms with Crippen molar-refractivity contribution >= 4 is 28.9 Å². The number of hydrogen-bond acceptors (Lipinski definition) is 4. The van der Waals surface area contributed by atoms with Gasteiger partial charge in [-0.25, -0.2) is 0 Å². The van der Waals surface area contributed by atoms with Gasteiger partial charge in [0.05, 0.1) is 30.6 Å². The Morgan fingerprint density at radius 3 is 2.74 bits per heavy atom. The first-order valence-electron chi connectivity index (χ1n) is 11.6. The molecule has 1 fully saturated rings. The van der Waals surface area contributed by atoms with E-state index in [1.54, 1.807) is 12.5 Å². The Balaban J connectivity index is 1.40. The summed E-state index contributed by atoms with van der Waals surface area (Å²) in [5, 5.41) is 7.09. The van der Waals surface area contributed by atoms with Crippen LogP contribution in [-0.4, -0.2) is 32.0 Å². The molecule has 2 N–H and O–H groups in total. The predicted molar refractivity (Wildman–Crippen MR) is 139 cm³/mol. The van der Waals surface area contributed by atoms with E-state index in [4.69, 9.17) is 16.6 Å². The summed E-state index contributed by atoms with van der Waals surface area (Å²) in [5.74, 6) is 0.822. The number of carbonyl (C=O) groups is 1. The molecule has 0 spiro atoms. The van der Waals surface area contributed by atoms with Gasteiger partial charge >= 0.3 is 0 Å². The van der Waals surface area contributed by atoms with Crippen molar-refractivity contribution in [3.8, 4) is 0 Å². The molecule has 0 radical (unpaired) electrons. The Hall–Kier alpha value is -3.91. The summed E-state index contributed by atoms with van der Waals surface area (Å²) in [5.41, 5.74) is 3.83. The van der Waals surface area contributed by atoms with Gasteiger partial charge in [0.2, 0.25) is 5.91 Å². The average Bonchev–Trinajstić information content (AvgIpc) is 3.61. The van der Waals surface area contributed by atoms with Crippen molar-refractivity contribution in [3.05, 3.63) is 108 Å². The maximum Gasteiger partial charge on any atom is 0.226 e. The second kappa shape index (κ2) is 10.1. The van der Waals surface area contributed by atoms with Gasteiger partial charge in [0, 0.05) is 36.7 Å². The number of furan rings is 1. The maximum atomic E-state index is 12.8. The van der Waals surface area contributed by atoms with E-state index in [0.29, 0.717) is 24.6 Å². The molecular weight excluding hydrogens is 458 g/mol. The zero-order valence-electron chi connectivity index (χ0n) is 19.4. The van der Waals surface area contributed by atoms with Crippen molar-refractivity contribution in [3.63, 3.8) is 0 Å². The molecule has 0 aliphatic carbocycles. The lowest BCUT2D eigenvalue weighted by molar-refractivity contribution is -0.116. The first kappa shape index (κ1) is 22.9. The van der Waals surface area contributed by atoms with Crippen LogP contribution in [0, 0.1) is 6.92 Å². The van der Waals surface area contributed by atoms with E-state index in [-0.39, 0.29) is 18.0 Å². The van der Waals surface area contributed by atoms with E-state index < -0.39 is 0 Å². The quantitative estimate of drug-likeness (QED) is 0.348. The van der Waals surface area contributed by atoms with Gasteiger partial charge < -0.3 is 24.5 Å². The van der Waals surface area contributed by atoms with Gasteiger partial charge in [-0.15, -0.1) is 0 Å². The van der Waals surface area contributed by atoms with Gasteiger partial charge in [-0.05, 0) is 67.2 Å². The molecule has 2 atom stereocenters. The molecule has 7 nitrogen and oxygen atoms in total. The van der Waals surface area contributed by atoms with Crippen molar-refractivity contribution in [2.75, 3.05) is 11.9 Å². The molecular formula is C27H27N5O2S. The fourth-order valence-electron chi connectivity index (χ4n) is 4.53. The van der Waals surface area contributed by atoms with Crippen molar-refractivity contribution in [2.24, 2.45) is 0 Å². The summed E-state index contributed by atoms with van der Waals surface area (Å²) < 4.78 is 7.75. The number of anilines is 1. The summed E-state index contributed by atoms with van der Waals surface area (Å²) in [6.45, 7) is 3.06. The van der Waals surface area contributed by atoms with Gasteiger partial charge in [-0.3, -0.25) is 9.78 Å². The van der Waals surface area contributed by atoms with Gasteiger partial charge in [-0.2, -0.15) is 0 Å². The fraction of sp³-hybridized carbons (Fsp3) is 0.222. The second-order valence-electron chi connectivity index (χ2n) is 8.57. The minimum Gasteiger partial charge on any atom is -0.467 e. The number of thiocarbonyl (C=S) groups is 1. The summed E-state index contributed by atoms with van der Waals surface area (Å²) in [6, 6.07) is 21.4. The molecule has 1 aliphatic rings. The lowest BCUT2D eigenvalue weighted by Crippen LogP contribution is -2.33. The highest BCUT2D eigenvalue weighted by Gasteiger charge is 2.41. The van der Waals surface area contributed by atoms with Gasteiger partial charge in [-0.1, -0.05) is 24.3 Å². The monoisotopic (exact) mass is 485 g/mol. The van der Waals surface area contributed by atoms with Crippen LogP contribution in [0.4, 0.5) is 5.69 Å². The average molecular weight is 486 g/mol. The molecule has 35 heavy (non-hydrogen) atoms. The number of aromatic nitrogens is 2. The molecule has 4 aromatic rings. The van der Waals surface area contributed by atoms with Crippen LogP contribution in [0.3, 0.4) is 0 Å². The Morgan fingerprint density at radius 2 is 1.97 bits per heavy atom. The number of hydrogen-bond donors (Lipinski definition) is 2. The fourth-order valence-corrected chi connectivity index (χ4v) is 4.86. The third kappa shape index (κ3) is 4.97. The Kier molecular flexibility index (Phi) is 6.63. The van der Waals surface area contributed by atoms with Crippen LogP contribution >= 0.6 is 12.2 Å². The highest BCUT2D eigenvalue weighted by molar-refractivity contribution is 7.80. The number of benzene rings is 1. The van der Waals surface area contributed by atoms with Crippen LogP contribution in [-0.2, 0) is 11.3 Å². The minimum atomic E-state index is -0.145. The van der Waals surface area contributed by atoms with E-state index in [1.165, 1.54) is 0 Å². The normalized spacial score (nSPS) is 17.4. The molecule has 1 aliphatic heterocycles. The highest BCUT2D eigenvalue weighted by Crippen LogP contribution is 2.39. The van der Waals surface area contributed by atoms with Crippen LogP contribution in [0.25, 0.3) is 0 Å². The number of rotatable bonds is 8. The highest BCUT2D eigenvalue weighted by atomic mass is 32.1. The molecule has 5 rings (SSSR count). The van der Waals surface area contributed by atoms with Gasteiger partial charge in [0.1, 0.15) is 5.76 Å². The molecule has 2 unspecified atom stereocenters. The van der Waals surface area contributed by atoms with Crippen molar-refractivity contribution in [1.29, 1.82) is 0 Å². The first-order chi connectivity index (χ1) is 17.1. The summed E-state index contributed by atoms with van der Waals surface area (Å²) in [6.07, 6.45) is 5.82. The van der Waals surface area contributed by atoms with Crippen LogP contribution in [0.15, 0.2) is 89.8 Å². The van der Waals surface area contributed by atoms with E-state index in [0.717, 1.165) is 28.4 Å². The van der Waals surface area contributed by atoms with E-state index in [1.807, 2.05) is 73.8 Å². The largest absolute Gasteiger partial charge is 0.467 e. The molecule has 8 heteroatoms. The Morgan fingerprint density at radius 1 is 1.11 bits per heavy atom. The van der Waals surface area contributed by atoms with E-state index >= 15 is 0 Å². The SMILES string of the molecule is Cc1ccccc1NC(=O)CCN1C(=S)NC(c2ccccn2)C1c1cccn1Cc1ccco1. The predicted octanol–water partition coefficient (Wildman–Crippen LogP) is 4.83. The number of para-hydroxylation sites is 1.